The zero-order valence-electron chi connectivity index (χ0n) is 10.6. The number of hydrogen-bond acceptors (Lipinski definition) is 1. The average molecular weight is 262 g/mol. The van der Waals surface area contributed by atoms with Crippen LogP contribution in [0.4, 0.5) is 0 Å². The van der Waals surface area contributed by atoms with E-state index in [2.05, 4.69) is 60.7 Å². The second-order valence-corrected chi connectivity index (χ2v) is 6.03. The largest absolute Gasteiger partial charge is 0.135 e. The predicted octanol–water partition coefficient (Wildman–Crippen LogP) is 5.79. The molecule has 1 aliphatic carbocycles. The second-order valence-electron chi connectivity index (χ2n) is 4.95. The van der Waals surface area contributed by atoms with Gasteiger partial charge >= 0.3 is 0 Å². The Labute approximate surface area is 116 Å². The van der Waals surface area contributed by atoms with Crippen molar-refractivity contribution < 1.29 is 0 Å². The Balaban J connectivity index is 1.97. The normalized spacial score (nSPS) is 15.1. The highest BCUT2D eigenvalue weighted by Crippen LogP contribution is 2.35. The van der Waals surface area contributed by atoms with E-state index in [0.29, 0.717) is 0 Å². The summed E-state index contributed by atoms with van der Waals surface area (Å²) < 4.78 is 2.76. The lowest BCUT2D eigenvalue weighted by molar-refractivity contribution is 1.04. The number of allylic oxidation sites excluding steroid dienone is 4. The summed E-state index contributed by atoms with van der Waals surface area (Å²) in [6, 6.07) is 15.5. The van der Waals surface area contributed by atoms with Crippen molar-refractivity contribution in [1.82, 2.24) is 0 Å². The van der Waals surface area contributed by atoms with Crippen LogP contribution in [-0.2, 0) is 0 Å². The third-order valence-electron chi connectivity index (χ3n) is 3.71. The molecule has 0 aliphatic heterocycles. The molecule has 3 aromatic rings. The first-order valence-electron chi connectivity index (χ1n) is 6.70. The van der Waals surface area contributed by atoms with Crippen molar-refractivity contribution in [2.75, 3.05) is 0 Å². The molecule has 0 fully saturated rings. The summed E-state index contributed by atoms with van der Waals surface area (Å²) in [7, 11) is 0. The topological polar surface area (TPSA) is 0 Å². The Hall–Kier alpha value is -1.86. The van der Waals surface area contributed by atoms with E-state index in [1.165, 1.54) is 37.7 Å². The van der Waals surface area contributed by atoms with E-state index in [1.807, 2.05) is 11.3 Å². The molecular weight excluding hydrogens is 248 g/mol. The lowest BCUT2D eigenvalue weighted by Gasteiger charge is -2.07. The molecule has 0 radical (unpaired) electrons. The van der Waals surface area contributed by atoms with E-state index < -0.39 is 0 Å². The van der Waals surface area contributed by atoms with Crippen LogP contribution in [0.15, 0.2) is 60.7 Å². The minimum Gasteiger partial charge on any atom is -0.135 e. The van der Waals surface area contributed by atoms with Crippen LogP contribution in [0.2, 0.25) is 0 Å². The Kier molecular flexibility index (Phi) is 2.52. The fourth-order valence-corrected chi connectivity index (χ4v) is 3.82. The number of fused-ring (bicyclic) bond motifs is 3. The molecule has 0 N–H and O–H groups in total. The van der Waals surface area contributed by atoms with E-state index in [9.17, 15) is 0 Å². The smallest absolute Gasteiger partial charge is 0.0355 e. The minimum atomic E-state index is 1.16. The lowest BCUT2D eigenvalue weighted by atomic mass is 9.98. The highest BCUT2D eigenvalue weighted by atomic mass is 32.1. The molecule has 1 aromatic heterocycles. The highest BCUT2D eigenvalue weighted by Gasteiger charge is 2.07. The fraction of sp³-hybridized carbons (Fsp3) is 0.111. The molecule has 19 heavy (non-hydrogen) atoms. The molecule has 1 heteroatoms. The maximum Gasteiger partial charge on any atom is 0.0355 e. The quantitative estimate of drug-likeness (QED) is 0.521. The Morgan fingerprint density at radius 1 is 0.842 bits per heavy atom. The third-order valence-corrected chi connectivity index (χ3v) is 4.86. The third kappa shape index (κ3) is 1.82. The van der Waals surface area contributed by atoms with Crippen LogP contribution in [0, 0.1) is 0 Å². The van der Waals surface area contributed by atoms with Gasteiger partial charge in [-0.05, 0) is 42.2 Å². The van der Waals surface area contributed by atoms with Gasteiger partial charge in [-0.1, -0.05) is 42.5 Å². The molecule has 1 aliphatic rings. The summed E-state index contributed by atoms with van der Waals surface area (Å²) >= 11 is 1.88. The van der Waals surface area contributed by atoms with Crippen LogP contribution in [0.1, 0.15) is 18.4 Å². The number of benzene rings is 2. The van der Waals surface area contributed by atoms with Crippen molar-refractivity contribution in [3.63, 3.8) is 0 Å². The monoisotopic (exact) mass is 262 g/mol. The summed E-state index contributed by atoms with van der Waals surface area (Å²) in [6.07, 6.45) is 9.20. The van der Waals surface area contributed by atoms with Crippen LogP contribution in [0.5, 0.6) is 0 Å². The number of rotatable bonds is 1. The van der Waals surface area contributed by atoms with Crippen molar-refractivity contribution >= 4 is 37.1 Å². The minimum absolute atomic E-state index is 1.16. The molecule has 0 unspecified atom stereocenters. The van der Waals surface area contributed by atoms with Gasteiger partial charge in [0.25, 0.3) is 0 Å². The van der Waals surface area contributed by atoms with Crippen molar-refractivity contribution in [2.24, 2.45) is 0 Å². The van der Waals surface area contributed by atoms with Crippen molar-refractivity contribution in [2.45, 2.75) is 12.8 Å². The first-order valence-corrected chi connectivity index (χ1v) is 7.52. The van der Waals surface area contributed by atoms with Crippen molar-refractivity contribution in [3.8, 4) is 0 Å². The first-order chi connectivity index (χ1) is 9.42. The summed E-state index contributed by atoms with van der Waals surface area (Å²) in [5, 5.41) is 2.77. The molecule has 2 aromatic carbocycles. The van der Waals surface area contributed by atoms with E-state index in [-0.39, 0.29) is 0 Å². The summed E-state index contributed by atoms with van der Waals surface area (Å²) in [5.74, 6) is 0. The summed E-state index contributed by atoms with van der Waals surface area (Å²) in [6.45, 7) is 0. The SMILES string of the molecule is C1=CC(c2ccc3sc4ccccc4c3c2)=CCC1. The van der Waals surface area contributed by atoms with Gasteiger partial charge in [0.05, 0.1) is 0 Å². The molecule has 0 saturated heterocycles. The van der Waals surface area contributed by atoms with Gasteiger partial charge in [0.15, 0.2) is 0 Å². The van der Waals surface area contributed by atoms with Crippen molar-refractivity contribution in [1.29, 1.82) is 0 Å². The van der Waals surface area contributed by atoms with Gasteiger partial charge in [-0.3, -0.25) is 0 Å². The summed E-state index contributed by atoms with van der Waals surface area (Å²) in [5.41, 5.74) is 2.70. The number of thiophene rings is 1. The van der Waals surface area contributed by atoms with E-state index in [4.69, 9.17) is 0 Å². The lowest BCUT2D eigenvalue weighted by Crippen LogP contribution is -1.85. The standard InChI is InChI=1S/C18H14S/c1-2-6-13(7-3-1)14-10-11-18-16(12-14)15-8-4-5-9-17(15)19-18/h2,4-12H,1,3H2. The molecule has 92 valence electrons. The van der Waals surface area contributed by atoms with E-state index in [1.54, 1.807) is 0 Å². The molecule has 0 saturated carbocycles. The molecule has 0 spiro atoms. The van der Waals surface area contributed by atoms with E-state index >= 15 is 0 Å². The van der Waals surface area contributed by atoms with Gasteiger partial charge in [-0.2, -0.15) is 0 Å². The fourth-order valence-electron chi connectivity index (χ4n) is 2.73. The molecule has 0 atom stereocenters. The zero-order valence-corrected chi connectivity index (χ0v) is 11.4. The van der Waals surface area contributed by atoms with Crippen LogP contribution in [-0.4, -0.2) is 0 Å². The van der Waals surface area contributed by atoms with Gasteiger partial charge in [0.2, 0.25) is 0 Å². The Morgan fingerprint density at radius 3 is 2.63 bits per heavy atom. The van der Waals surface area contributed by atoms with Gasteiger partial charge in [-0.15, -0.1) is 11.3 Å². The molecule has 0 nitrogen and oxygen atoms in total. The maximum absolute atomic E-state index is 2.34. The molecule has 0 amide bonds. The van der Waals surface area contributed by atoms with Gasteiger partial charge in [-0.25, -0.2) is 0 Å². The van der Waals surface area contributed by atoms with Crippen LogP contribution in [0.25, 0.3) is 25.7 Å². The first kappa shape index (κ1) is 11.0. The van der Waals surface area contributed by atoms with Gasteiger partial charge in [0.1, 0.15) is 0 Å². The Morgan fingerprint density at radius 2 is 1.74 bits per heavy atom. The van der Waals surface area contributed by atoms with Gasteiger partial charge in [0, 0.05) is 20.2 Å². The predicted molar refractivity (Wildman–Crippen MR) is 85.7 cm³/mol. The van der Waals surface area contributed by atoms with Crippen LogP contribution in [0.3, 0.4) is 0 Å². The van der Waals surface area contributed by atoms with Crippen molar-refractivity contribution in [3.05, 3.63) is 66.3 Å². The molecular formula is C18H14S. The second kappa shape index (κ2) is 4.36. The van der Waals surface area contributed by atoms with E-state index in [0.717, 1.165) is 6.42 Å². The molecule has 1 heterocycles. The van der Waals surface area contributed by atoms with Gasteiger partial charge < -0.3 is 0 Å². The zero-order chi connectivity index (χ0) is 12.7. The number of hydrogen-bond donors (Lipinski definition) is 0. The maximum atomic E-state index is 2.34. The average Bonchev–Trinajstić information content (AvgIpc) is 2.86. The summed E-state index contributed by atoms with van der Waals surface area (Å²) in [4.78, 5) is 0. The highest BCUT2D eigenvalue weighted by molar-refractivity contribution is 7.25. The molecule has 4 rings (SSSR count). The Bertz CT molecular complexity index is 818. The van der Waals surface area contributed by atoms with Crippen LogP contribution < -0.4 is 0 Å². The van der Waals surface area contributed by atoms with Crippen LogP contribution >= 0.6 is 11.3 Å². The molecule has 0 bridgehead atoms.